The molecule has 0 saturated carbocycles. The maximum atomic E-state index is 10.6. The van der Waals surface area contributed by atoms with Crippen LogP contribution in [0.25, 0.3) is 0 Å². The number of benzene rings is 1. The third kappa shape index (κ3) is 27.1. The highest BCUT2D eigenvalue weighted by Crippen LogP contribution is 2.23. The van der Waals surface area contributed by atoms with E-state index >= 15 is 0 Å². The van der Waals surface area contributed by atoms with Gasteiger partial charge in [0.25, 0.3) is 0 Å². The molecule has 0 aliphatic rings. The zero-order chi connectivity index (χ0) is 30.9. The average molecular weight is 599 g/mol. The lowest BCUT2D eigenvalue weighted by Crippen LogP contribution is -1.91. The number of aryl methyl sites for hydroxylation is 2. The van der Waals surface area contributed by atoms with Crippen LogP contribution in [0.5, 0.6) is 5.75 Å². The van der Waals surface area contributed by atoms with Crippen molar-refractivity contribution in [1.29, 1.82) is 0 Å². The van der Waals surface area contributed by atoms with Crippen molar-refractivity contribution in [3.63, 3.8) is 0 Å². The van der Waals surface area contributed by atoms with E-state index in [1.54, 1.807) is 0 Å². The smallest absolute Gasteiger partial charge is 0.119 e. The van der Waals surface area contributed by atoms with Crippen LogP contribution < -0.4 is 0 Å². The minimum atomic E-state index is 0.537. The van der Waals surface area contributed by atoms with E-state index in [9.17, 15) is 5.11 Å². The van der Waals surface area contributed by atoms with Gasteiger partial charge in [0.05, 0.1) is 0 Å². The second-order valence-corrected chi connectivity index (χ2v) is 14.1. The molecule has 1 N–H and O–H groups in total. The molecular weight excluding hydrogens is 520 g/mol. The molecule has 1 aromatic rings. The van der Waals surface area contributed by atoms with Gasteiger partial charge in [0.2, 0.25) is 0 Å². The third-order valence-corrected chi connectivity index (χ3v) is 9.77. The third-order valence-electron chi connectivity index (χ3n) is 9.77. The second kappa shape index (κ2) is 32.4. The predicted octanol–water partition coefficient (Wildman–Crippen LogP) is 15.0. The Kier molecular flexibility index (Phi) is 30.2. The summed E-state index contributed by atoms with van der Waals surface area (Å²) >= 11 is 0. The molecule has 43 heavy (non-hydrogen) atoms. The van der Waals surface area contributed by atoms with Crippen LogP contribution in [0.15, 0.2) is 18.2 Å². The SMILES string of the molecule is CCCCCCCCCCCCCCCCCCc1ccc(CCCCCCCCCCCCCCCCCC)c(O)c1. The predicted molar refractivity (Wildman–Crippen MR) is 195 cm³/mol. The molecular formula is C42H78O. The summed E-state index contributed by atoms with van der Waals surface area (Å²) in [6.07, 6.45) is 47.3. The standard InChI is InChI=1S/C42H78O/c1-3-5-7-9-11-13-15-17-19-21-23-25-27-29-31-33-35-40-37-38-41(42(43)39-40)36-34-32-30-28-26-24-22-20-18-16-14-12-10-8-6-4-2/h37-39,43H,3-36H2,1-2H3. The first-order valence-corrected chi connectivity index (χ1v) is 20.1. The molecule has 0 unspecified atom stereocenters. The van der Waals surface area contributed by atoms with Gasteiger partial charge in [-0.3, -0.25) is 0 Å². The van der Waals surface area contributed by atoms with Crippen molar-refractivity contribution in [2.24, 2.45) is 0 Å². The maximum Gasteiger partial charge on any atom is 0.119 e. The van der Waals surface area contributed by atoms with Crippen LogP contribution in [-0.4, -0.2) is 5.11 Å². The summed E-state index contributed by atoms with van der Waals surface area (Å²) in [5.74, 6) is 0.537. The molecule has 1 aromatic carbocycles. The van der Waals surface area contributed by atoms with Crippen LogP contribution in [0.3, 0.4) is 0 Å². The molecule has 0 fully saturated rings. The van der Waals surface area contributed by atoms with Gasteiger partial charge in [-0.1, -0.05) is 219 Å². The van der Waals surface area contributed by atoms with Crippen LogP contribution in [0, 0.1) is 0 Å². The number of rotatable bonds is 34. The fourth-order valence-corrected chi connectivity index (χ4v) is 6.72. The van der Waals surface area contributed by atoms with E-state index in [0.29, 0.717) is 5.75 Å². The van der Waals surface area contributed by atoms with E-state index in [-0.39, 0.29) is 0 Å². The normalized spacial score (nSPS) is 11.5. The molecule has 1 nitrogen and oxygen atoms in total. The quantitative estimate of drug-likeness (QED) is 0.0782. The molecule has 0 heterocycles. The Morgan fingerprint density at radius 1 is 0.349 bits per heavy atom. The molecule has 0 aliphatic carbocycles. The lowest BCUT2D eigenvalue weighted by Gasteiger charge is -2.08. The Hall–Kier alpha value is -0.980. The summed E-state index contributed by atoms with van der Waals surface area (Å²) < 4.78 is 0. The van der Waals surface area contributed by atoms with E-state index in [1.807, 2.05) is 6.07 Å². The molecule has 0 atom stereocenters. The first-order valence-electron chi connectivity index (χ1n) is 20.1. The van der Waals surface area contributed by atoms with E-state index in [2.05, 4.69) is 26.0 Å². The molecule has 0 amide bonds. The molecule has 0 bridgehead atoms. The minimum Gasteiger partial charge on any atom is -0.508 e. The van der Waals surface area contributed by atoms with Crippen molar-refractivity contribution in [3.8, 4) is 5.75 Å². The number of unbranched alkanes of at least 4 members (excludes halogenated alkanes) is 30. The van der Waals surface area contributed by atoms with Gasteiger partial charge in [-0.25, -0.2) is 0 Å². The summed E-state index contributed by atoms with van der Waals surface area (Å²) in [5.41, 5.74) is 2.47. The van der Waals surface area contributed by atoms with Gasteiger partial charge < -0.3 is 5.11 Å². The minimum absolute atomic E-state index is 0.537. The zero-order valence-corrected chi connectivity index (χ0v) is 29.7. The van der Waals surface area contributed by atoms with Crippen molar-refractivity contribution < 1.29 is 5.11 Å². The Labute approximate surface area is 271 Å². The van der Waals surface area contributed by atoms with Gasteiger partial charge in [-0.2, -0.15) is 0 Å². The number of aromatic hydroxyl groups is 1. The van der Waals surface area contributed by atoms with Crippen LogP contribution in [0.4, 0.5) is 0 Å². The van der Waals surface area contributed by atoms with Crippen molar-refractivity contribution in [1.82, 2.24) is 0 Å². The highest BCUT2D eigenvalue weighted by Gasteiger charge is 2.04. The van der Waals surface area contributed by atoms with Crippen molar-refractivity contribution in [2.75, 3.05) is 0 Å². The van der Waals surface area contributed by atoms with Crippen molar-refractivity contribution >= 4 is 0 Å². The van der Waals surface area contributed by atoms with Crippen LogP contribution in [-0.2, 0) is 12.8 Å². The summed E-state index contributed by atoms with van der Waals surface area (Å²) in [6, 6.07) is 6.52. The Bertz CT molecular complexity index is 679. The second-order valence-electron chi connectivity index (χ2n) is 14.1. The van der Waals surface area contributed by atoms with Gasteiger partial charge >= 0.3 is 0 Å². The lowest BCUT2D eigenvalue weighted by molar-refractivity contribution is 0.464. The number of phenols is 1. The summed E-state index contributed by atoms with van der Waals surface area (Å²) in [7, 11) is 0. The Balaban J connectivity index is 1.87. The molecule has 0 radical (unpaired) electrons. The molecule has 0 saturated heterocycles. The molecule has 0 aliphatic heterocycles. The largest absolute Gasteiger partial charge is 0.508 e. The van der Waals surface area contributed by atoms with E-state index in [4.69, 9.17) is 0 Å². The zero-order valence-electron chi connectivity index (χ0n) is 29.7. The van der Waals surface area contributed by atoms with E-state index in [1.165, 1.54) is 211 Å². The number of hydrogen-bond acceptors (Lipinski definition) is 1. The summed E-state index contributed by atoms with van der Waals surface area (Å²) in [6.45, 7) is 4.60. The van der Waals surface area contributed by atoms with Gasteiger partial charge in [0.15, 0.2) is 0 Å². The van der Waals surface area contributed by atoms with E-state index in [0.717, 1.165) is 18.4 Å². The fraction of sp³-hybridized carbons (Fsp3) is 0.857. The topological polar surface area (TPSA) is 20.2 Å². The molecule has 0 spiro atoms. The average Bonchev–Trinajstić information content (AvgIpc) is 3.01. The number of phenolic OH excluding ortho intramolecular Hbond substituents is 1. The molecule has 252 valence electrons. The lowest BCUT2D eigenvalue weighted by atomic mass is 9.99. The fourth-order valence-electron chi connectivity index (χ4n) is 6.72. The Morgan fingerprint density at radius 2 is 0.628 bits per heavy atom. The first kappa shape index (κ1) is 40.0. The first-order chi connectivity index (χ1) is 21.3. The van der Waals surface area contributed by atoms with E-state index < -0.39 is 0 Å². The Morgan fingerprint density at radius 3 is 0.930 bits per heavy atom. The van der Waals surface area contributed by atoms with Crippen LogP contribution >= 0.6 is 0 Å². The number of hydrogen-bond donors (Lipinski definition) is 1. The van der Waals surface area contributed by atoms with Crippen molar-refractivity contribution in [2.45, 2.75) is 232 Å². The molecule has 1 rings (SSSR count). The highest BCUT2D eigenvalue weighted by atomic mass is 16.3. The summed E-state index contributed by atoms with van der Waals surface area (Å²) in [4.78, 5) is 0. The van der Waals surface area contributed by atoms with Crippen molar-refractivity contribution in [3.05, 3.63) is 29.3 Å². The molecule has 1 heteroatoms. The molecule has 0 aromatic heterocycles. The van der Waals surface area contributed by atoms with Gasteiger partial charge in [0.1, 0.15) is 5.75 Å². The maximum absolute atomic E-state index is 10.6. The van der Waals surface area contributed by atoms with Crippen LogP contribution in [0.1, 0.15) is 230 Å². The summed E-state index contributed by atoms with van der Waals surface area (Å²) in [5, 5.41) is 10.6. The van der Waals surface area contributed by atoms with Gasteiger partial charge in [0, 0.05) is 0 Å². The van der Waals surface area contributed by atoms with Crippen LogP contribution in [0.2, 0.25) is 0 Å². The van der Waals surface area contributed by atoms with Gasteiger partial charge in [-0.15, -0.1) is 0 Å². The van der Waals surface area contributed by atoms with Gasteiger partial charge in [-0.05, 0) is 42.9 Å². The monoisotopic (exact) mass is 599 g/mol. The highest BCUT2D eigenvalue weighted by molar-refractivity contribution is 5.36.